The Morgan fingerprint density at radius 3 is 2.43 bits per heavy atom. The molecule has 10 nitrogen and oxygen atoms in total. The number of carboxylic acids is 1. The fourth-order valence-electron chi connectivity index (χ4n) is 2.14. The SMILES string of the molecule is CN(C)C(=O)CN1Cn2cc(C(=O)O)c(=O)c(O)c2C(=O)N1C. The minimum absolute atomic E-state index is 0.0642. The van der Waals surface area contributed by atoms with Gasteiger partial charge in [-0.1, -0.05) is 0 Å². The fraction of sp³-hybridized carbons (Fsp3) is 0.385. The minimum Gasteiger partial charge on any atom is -0.503 e. The highest BCUT2D eigenvalue weighted by Crippen LogP contribution is 2.21. The zero-order chi connectivity index (χ0) is 17.5. The lowest BCUT2D eigenvalue weighted by Crippen LogP contribution is -2.53. The summed E-state index contributed by atoms with van der Waals surface area (Å²) in [6.45, 7) is -0.185. The predicted molar refractivity (Wildman–Crippen MR) is 76.8 cm³/mol. The molecule has 23 heavy (non-hydrogen) atoms. The molecule has 2 rings (SSSR count). The van der Waals surface area contributed by atoms with Crippen molar-refractivity contribution in [2.24, 2.45) is 0 Å². The first-order valence-electron chi connectivity index (χ1n) is 6.58. The first-order valence-corrected chi connectivity index (χ1v) is 6.58. The monoisotopic (exact) mass is 324 g/mol. The number of hydrogen-bond acceptors (Lipinski definition) is 6. The molecular weight excluding hydrogens is 308 g/mol. The summed E-state index contributed by atoms with van der Waals surface area (Å²) in [4.78, 5) is 48.3. The Hall–Kier alpha value is -2.88. The van der Waals surface area contributed by atoms with E-state index in [9.17, 15) is 24.3 Å². The van der Waals surface area contributed by atoms with Crippen LogP contribution < -0.4 is 5.43 Å². The highest BCUT2D eigenvalue weighted by molar-refractivity contribution is 5.97. The number of aromatic hydroxyl groups is 1. The summed E-state index contributed by atoms with van der Waals surface area (Å²) in [5.74, 6) is -3.41. The third-order valence-corrected chi connectivity index (χ3v) is 3.54. The molecule has 2 amide bonds. The lowest BCUT2D eigenvalue weighted by Gasteiger charge is -2.37. The van der Waals surface area contributed by atoms with Crippen molar-refractivity contribution in [1.29, 1.82) is 0 Å². The van der Waals surface area contributed by atoms with Gasteiger partial charge in [-0.2, -0.15) is 5.01 Å². The maximum absolute atomic E-state index is 12.3. The highest BCUT2D eigenvalue weighted by atomic mass is 16.4. The van der Waals surface area contributed by atoms with Gasteiger partial charge in [-0.3, -0.25) is 19.4 Å². The lowest BCUT2D eigenvalue weighted by molar-refractivity contribution is -0.135. The number of hydrazine groups is 1. The summed E-state index contributed by atoms with van der Waals surface area (Å²) in [7, 11) is 4.52. The number of carboxylic acid groups (broad SMARTS) is 1. The van der Waals surface area contributed by atoms with Gasteiger partial charge >= 0.3 is 5.97 Å². The minimum atomic E-state index is -1.51. The van der Waals surface area contributed by atoms with Gasteiger partial charge in [0.1, 0.15) is 5.56 Å². The molecule has 1 aliphatic heterocycles. The molecule has 1 aliphatic rings. The van der Waals surface area contributed by atoms with Gasteiger partial charge in [0.05, 0.1) is 13.2 Å². The number of carbonyl (C=O) groups is 3. The van der Waals surface area contributed by atoms with Crippen molar-refractivity contribution in [2.45, 2.75) is 6.67 Å². The van der Waals surface area contributed by atoms with E-state index in [1.807, 2.05) is 0 Å². The molecule has 0 fully saturated rings. The molecule has 0 radical (unpaired) electrons. The van der Waals surface area contributed by atoms with Crippen LogP contribution >= 0.6 is 0 Å². The summed E-state index contributed by atoms with van der Waals surface area (Å²) in [5, 5.41) is 21.4. The number of rotatable bonds is 3. The molecule has 0 spiro atoms. The standard InChI is InChI=1S/C13H16N4O6/c1-14(2)8(18)5-17-6-16-4-7(13(22)23)10(19)11(20)9(16)12(21)15(17)3/h4,20H,5-6H2,1-3H3,(H,22,23). The largest absolute Gasteiger partial charge is 0.503 e. The van der Waals surface area contributed by atoms with Crippen LogP contribution in [-0.4, -0.2) is 75.2 Å². The fourth-order valence-corrected chi connectivity index (χ4v) is 2.14. The maximum atomic E-state index is 12.3. The molecule has 10 heteroatoms. The van der Waals surface area contributed by atoms with Gasteiger partial charge in [-0.15, -0.1) is 0 Å². The number of aromatic carboxylic acids is 1. The topological polar surface area (TPSA) is 123 Å². The van der Waals surface area contributed by atoms with Crippen LogP contribution in [0, 0.1) is 0 Å². The number of pyridine rings is 1. The van der Waals surface area contributed by atoms with Gasteiger partial charge in [-0.25, -0.2) is 4.79 Å². The van der Waals surface area contributed by atoms with Crippen molar-refractivity contribution >= 4 is 17.8 Å². The van der Waals surface area contributed by atoms with E-state index in [4.69, 9.17) is 5.11 Å². The molecule has 0 saturated carbocycles. The lowest BCUT2D eigenvalue weighted by atomic mass is 10.2. The van der Waals surface area contributed by atoms with Crippen molar-refractivity contribution in [3.63, 3.8) is 0 Å². The normalized spacial score (nSPS) is 14.6. The summed E-state index contributed by atoms with van der Waals surface area (Å²) >= 11 is 0. The Morgan fingerprint density at radius 1 is 1.30 bits per heavy atom. The van der Waals surface area contributed by atoms with Crippen molar-refractivity contribution < 1.29 is 24.6 Å². The molecule has 2 N–H and O–H groups in total. The molecule has 1 aromatic rings. The average Bonchev–Trinajstić information content (AvgIpc) is 2.47. The van der Waals surface area contributed by atoms with E-state index in [0.29, 0.717) is 0 Å². The molecule has 0 aliphatic carbocycles. The van der Waals surface area contributed by atoms with Crippen LogP contribution in [-0.2, 0) is 11.5 Å². The van der Waals surface area contributed by atoms with Crippen LogP contribution in [0.25, 0.3) is 0 Å². The zero-order valence-electron chi connectivity index (χ0n) is 12.8. The number of amides is 2. The van der Waals surface area contributed by atoms with E-state index in [-0.39, 0.29) is 24.8 Å². The first-order chi connectivity index (χ1) is 10.6. The van der Waals surface area contributed by atoms with E-state index in [0.717, 1.165) is 15.8 Å². The van der Waals surface area contributed by atoms with Crippen LogP contribution in [0.1, 0.15) is 20.8 Å². The van der Waals surface area contributed by atoms with Crippen LogP contribution in [0.5, 0.6) is 5.75 Å². The molecule has 0 unspecified atom stereocenters. The smallest absolute Gasteiger partial charge is 0.341 e. The Morgan fingerprint density at radius 2 is 1.91 bits per heavy atom. The maximum Gasteiger partial charge on any atom is 0.341 e. The Bertz CT molecular complexity index is 754. The van der Waals surface area contributed by atoms with Crippen LogP contribution in [0.4, 0.5) is 0 Å². The number of nitrogens with zero attached hydrogens (tertiary/aromatic N) is 4. The first kappa shape index (κ1) is 16.5. The average molecular weight is 324 g/mol. The Balaban J connectivity index is 2.50. The second-order valence-electron chi connectivity index (χ2n) is 5.27. The third kappa shape index (κ3) is 2.75. The van der Waals surface area contributed by atoms with Gasteiger partial charge in [0.2, 0.25) is 11.3 Å². The van der Waals surface area contributed by atoms with Crippen molar-refractivity contribution in [2.75, 3.05) is 27.7 Å². The number of carbonyl (C=O) groups excluding carboxylic acids is 2. The highest BCUT2D eigenvalue weighted by Gasteiger charge is 2.34. The number of fused-ring (bicyclic) bond motifs is 1. The van der Waals surface area contributed by atoms with Crippen LogP contribution in [0.2, 0.25) is 0 Å². The molecule has 0 atom stereocenters. The Labute approximate surface area is 130 Å². The number of aromatic nitrogens is 1. The van der Waals surface area contributed by atoms with Crippen molar-refractivity contribution in [1.82, 2.24) is 19.5 Å². The van der Waals surface area contributed by atoms with Crippen molar-refractivity contribution in [3.05, 3.63) is 27.7 Å². The molecule has 0 bridgehead atoms. The Kier molecular flexibility index (Phi) is 4.10. The van der Waals surface area contributed by atoms with E-state index in [1.165, 1.54) is 17.0 Å². The third-order valence-electron chi connectivity index (χ3n) is 3.54. The van der Waals surface area contributed by atoms with E-state index in [2.05, 4.69) is 0 Å². The van der Waals surface area contributed by atoms with E-state index in [1.54, 1.807) is 14.1 Å². The molecule has 124 valence electrons. The van der Waals surface area contributed by atoms with Crippen LogP contribution in [0.3, 0.4) is 0 Å². The summed E-state index contributed by atoms with van der Waals surface area (Å²) in [6, 6.07) is 0. The van der Waals surface area contributed by atoms with Crippen LogP contribution in [0.15, 0.2) is 11.0 Å². The van der Waals surface area contributed by atoms with Gasteiger partial charge in [0, 0.05) is 27.3 Å². The van der Waals surface area contributed by atoms with Gasteiger partial charge in [0.25, 0.3) is 5.91 Å². The second-order valence-corrected chi connectivity index (χ2v) is 5.27. The zero-order valence-corrected chi connectivity index (χ0v) is 12.8. The summed E-state index contributed by atoms with van der Waals surface area (Å²) in [6.07, 6.45) is 0.984. The number of hydrogen-bond donors (Lipinski definition) is 2. The van der Waals surface area contributed by atoms with Gasteiger partial charge in [0.15, 0.2) is 11.4 Å². The molecule has 0 aromatic carbocycles. The summed E-state index contributed by atoms with van der Waals surface area (Å²) in [5.41, 5.74) is -2.08. The number of likely N-dealkylation sites (N-methyl/N-ethyl adjacent to an activating group) is 1. The summed E-state index contributed by atoms with van der Waals surface area (Å²) < 4.78 is 1.14. The van der Waals surface area contributed by atoms with Gasteiger partial charge in [-0.05, 0) is 0 Å². The molecule has 0 saturated heterocycles. The quantitative estimate of drug-likeness (QED) is 0.701. The van der Waals surface area contributed by atoms with Gasteiger partial charge < -0.3 is 19.7 Å². The van der Waals surface area contributed by atoms with E-state index >= 15 is 0 Å². The molecule has 1 aromatic heterocycles. The second kappa shape index (κ2) is 5.72. The van der Waals surface area contributed by atoms with Crippen molar-refractivity contribution in [3.8, 4) is 5.75 Å². The molecule has 2 heterocycles. The predicted octanol–water partition coefficient (Wildman–Crippen LogP) is -1.40. The van der Waals surface area contributed by atoms with E-state index < -0.39 is 28.6 Å². The molecular formula is C13H16N4O6.